The molecule has 0 spiro atoms. The largest absolute Gasteiger partial charge is 0.433 e. The van der Waals surface area contributed by atoms with E-state index in [-0.39, 0.29) is 18.3 Å². The number of hydrogen-bond acceptors (Lipinski definition) is 8. The van der Waals surface area contributed by atoms with Gasteiger partial charge < -0.3 is 15.5 Å². The highest BCUT2D eigenvalue weighted by Crippen LogP contribution is 2.32. The number of halogens is 3. The van der Waals surface area contributed by atoms with Crippen molar-refractivity contribution in [3.8, 4) is 11.1 Å². The number of rotatable bonds is 5. The number of aliphatic hydroxyl groups is 2. The molecule has 3 aromatic heterocycles. The smallest absolute Gasteiger partial charge is 0.347 e. The number of aromatic nitrogens is 4. The van der Waals surface area contributed by atoms with Gasteiger partial charge >= 0.3 is 12.2 Å². The average molecular weight is 534 g/mol. The van der Waals surface area contributed by atoms with Gasteiger partial charge in [0.25, 0.3) is 5.91 Å². The van der Waals surface area contributed by atoms with Crippen LogP contribution in [-0.2, 0) is 6.18 Å². The van der Waals surface area contributed by atoms with Crippen molar-refractivity contribution < 1.29 is 28.2 Å². The lowest BCUT2D eigenvalue weighted by molar-refractivity contribution is -0.214. The van der Waals surface area contributed by atoms with Crippen LogP contribution in [0.25, 0.3) is 11.1 Å². The Bertz CT molecular complexity index is 1290. The molecule has 13 heteroatoms. The second-order valence-corrected chi connectivity index (χ2v) is 8.87. The van der Waals surface area contributed by atoms with E-state index in [0.717, 1.165) is 22.1 Å². The summed E-state index contributed by atoms with van der Waals surface area (Å²) in [6.45, 7) is 7.43. The number of amides is 2. The van der Waals surface area contributed by atoms with E-state index in [2.05, 4.69) is 39.1 Å². The molecule has 10 nitrogen and oxygen atoms in total. The molecule has 0 aliphatic carbocycles. The van der Waals surface area contributed by atoms with Crippen LogP contribution in [0, 0.1) is 6.92 Å². The highest BCUT2D eigenvalue weighted by atomic mass is 19.4. The molecule has 1 saturated heterocycles. The van der Waals surface area contributed by atoms with Gasteiger partial charge in [0, 0.05) is 31.2 Å². The summed E-state index contributed by atoms with van der Waals surface area (Å²) in [4.78, 5) is 30.4. The van der Waals surface area contributed by atoms with E-state index >= 15 is 0 Å². The summed E-state index contributed by atoms with van der Waals surface area (Å²) in [6, 6.07) is 4.65. The van der Waals surface area contributed by atoms with Gasteiger partial charge in [0.15, 0.2) is 0 Å². The number of hydrogen-bond donors (Lipinski definition) is 3. The topological polar surface area (TPSA) is 128 Å². The molecule has 4 heterocycles. The van der Waals surface area contributed by atoms with Crippen LogP contribution in [0.1, 0.15) is 50.2 Å². The SMILES string of the molecule is CCC.Cc1cc(C(C)Nc2nccc(N3CC(O)(O)N(C)C3=O)n2)ncc1-c1ccnc(C(F)(F)F)c1. The summed E-state index contributed by atoms with van der Waals surface area (Å²) in [6.07, 6.45) is 0.731. The Morgan fingerprint density at radius 2 is 1.79 bits per heavy atom. The van der Waals surface area contributed by atoms with Crippen LogP contribution in [0.4, 0.5) is 29.7 Å². The molecule has 1 aliphatic heterocycles. The van der Waals surface area contributed by atoms with Gasteiger partial charge in [-0.25, -0.2) is 9.78 Å². The number of anilines is 2. The summed E-state index contributed by atoms with van der Waals surface area (Å²) in [5, 5.41) is 22.9. The number of pyridine rings is 2. The number of likely N-dealkylation sites (N-methyl/N-ethyl adjacent to an activating group) is 1. The molecule has 1 unspecified atom stereocenters. The molecule has 1 fully saturated rings. The Kier molecular flexibility index (Phi) is 8.52. The third-order valence-corrected chi connectivity index (χ3v) is 5.63. The minimum Gasteiger partial charge on any atom is -0.347 e. The average Bonchev–Trinajstić information content (AvgIpc) is 3.07. The van der Waals surface area contributed by atoms with E-state index in [1.807, 2.05) is 0 Å². The number of β-amino-alcohol motifs (C(OH)–C–C–N with tert-alkyl or cyclic N) is 2. The second kappa shape index (κ2) is 11.3. The van der Waals surface area contributed by atoms with Gasteiger partial charge in [0.1, 0.15) is 18.1 Å². The highest BCUT2D eigenvalue weighted by molar-refractivity contribution is 5.93. The fourth-order valence-electron chi connectivity index (χ4n) is 3.61. The lowest BCUT2D eigenvalue weighted by atomic mass is 10.0. The van der Waals surface area contributed by atoms with Crippen molar-refractivity contribution in [3.63, 3.8) is 0 Å². The minimum absolute atomic E-state index is 0.173. The Balaban J connectivity index is 0.00000127. The number of carbonyl (C=O) groups excluding carboxylic acids is 1. The van der Waals surface area contributed by atoms with E-state index in [1.165, 1.54) is 38.0 Å². The van der Waals surface area contributed by atoms with Gasteiger partial charge in [-0.05, 0) is 49.2 Å². The first-order chi connectivity index (χ1) is 17.8. The number of nitrogens with zero attached hydrogens (tertiary/aromatic N) is 6. The molecular weight excluding hydrogens is 503 g/mol. The predicted molar refractivity (Wildman–Crippen MR) is 135 cm³/mol. The van der Waals surface area contributed by atoms with E-state index in [0.29, 0.717) is 22.4 Å². The lowest BCUT2D eigenvalue weighted by Crippen LogP contribution is -2.44. The molecule has 3 aromatic rings. The summed E-state index contributed by atoms with van der Waals surface area (Å²) in [5.41, 5.74) is 1.22. The zero-order chi connectivity index (χ0) is 28.3. The number of urea groups is 1. The number of alkyl halides is 3. The van der Waals surface area contributed by atoms with Crippen molar-refractivity contribution in [1.29, 1.82) is 0 Å². The Labute approximate surface area is 218 Å². The van der Waals surface area contributed by atoms with Gasteiger partial charge in [-0.1, -0.05) is 20.3 Å². The maximum Gasteiger partial charge on any atom is 0.433 e. The summed E-state index contributed by atoms with van der Waals surface area (Å²) < 4.78 is 39.1. The van der Waals surface area contributed by atoms with Crippen molar-refractivity contribution in [3.05, 3.63) is 59.8 Å². The van der Waals surface area contributed by atoms with Crippen molar-refractivity contribution >= 4 is 17.8 Å². The minimum atomic E-state index is -4.55. The van der Waals surface area contributed by atoms with Crippen LogP contribution in [0.2, 0.25) is 0 Å². The fraction of sp³-hybridized carbons (Fsp3) is 0.400. The molecule has 1 aliphatic rings. The predicted octanol–water partition coefficient (Wildman–Crippen LogP) is 4.36. The van der Waals surface area contributed by atoms with Crippen LogP contribution in [0.15, 0.2) is 42.9 Å². The maximum atomic E-state index is 13.0. The molecule has 0 aromatic carbocycles. The fourth-order valence-corrected chi connectivity index (χ4v) is 3.61. The second-order valence-electron chi connectivity index (χ2n) is 8.87. The lowest BCUT2D eigenvalue weighted by Gasteiger charge is -2.20. The third-order valence-electron chi connectivity index (χ3n) is 5.63. The van der Waals surface area contributed by atoms with Crippen LogP contribution in [0.3, 0.4) is 0 Å². The number of aryl methyl sites for hydroxylation is 1. The van der Waals surface area contributed by atoms with Crippen LogP contribution >= 0.6 is 0 Å². The van der Waals surface area contributed by atoms with Crippen LogP contribution < -0.4 is 10.2 Å². The van der Waals surface area contributed by atoms with E-state index < -0.39 is 29.9 Å². The van der Waals surface area contributed by atoms with Gasteiger partial charge in [-0.15, -0.1) is 0 Å². The van der Waals surface area contributed by atoms with E-state index in [1.54, 1.807) is 19.9 Å². The van der Waals surface area contributed by atoms with Crippen molar-refractivity contribution in [2.45, 2.75) is 52.2 Å². The van der Waals surface area contributed by atoms with E-state index in [4.69, 9.17) is 0 Å². The summed E-state index contributed by atoms with van der Waals surface area (Å²) >= 11 is 0. The molecule has 0 bridgehead atoms. The van der Waals surface area contributed by atoms with Crippen LogP contribution in [-0.4, -0.2) is 60.6 Å². The third kappa shape index (κ3) is 6.34. The normalized spacial score (nSPS) is 15.7. The summed E-state index contributed by atoms with van der Waals surface area (Å²) in [5.74, 6) is -1.97. The Morgan fingerprint density at radius 1 is 1.13 bits per heavy atom. The van der Waals surface area contributed by atoms with E-state index in [9.17, 15) is 28.2 Å². The van der Waals surface area contributed by atoms with Crippen LogP contribution in [0.5, 0.6) is 0 Å². The summed E-state index contributed by atoms with van der Waals surface area (Å²) in [7, 11) is 1.26. The first kappa shape index (κ1) is 28.7. The zero-order valence-electron chi connectivity index (χ0n) is 21.7. The molecule has 0 radical (unpaired) electrons. The van der Waals surface area contributed by atoms with Crippen molar-refractivity contribution in [1.82, 2.24) is 24.8 Å². The monoisotopic (exact) mass is 533 g/mol. The highest BCUT2D eigenvalue weighted by Gasteiger charge is 2.46. The van der Waals surface area contributed by atoms with Crippen molar-refractivity contribution in [2.24, 2.45) is 0 Å². The van der Waals surface area contributed by atoms with Crippen molar-refractivity contribution in [2.75, 3.05) is 23.8 Å². The van der Waals surface area contributed by atoms with Gasteiger partial charge in [0.05, 0.1) is 11.7 Å². The Morgan fingerprint density at radius 3 is 2.37 bits per heavy atom. The molecule has 38 heavy (non-hydrogen) atoms. The Hall–Kier alpha value is -3.84. The molecular formula is C25H30F3N7O3. The number of carbonyl (C=O) groups is 1. The molecule has 4 rings (SSSR count). The molecule has 2 amide bonds. The first-order valence-corrected chi connectivity index (χ1v) is 11.9. The standard InChI is InChI=1S/C22H22F3N7O3.C3H8/c1-12-8-16(28-10-15(12)14-4-6-26-17(9-14)22(23,24)25)13(2)29-19-27-7-5-18(30-19)32-11-21(34,35)31(3)20(32)33;1-3-2/h4-10,13,34-35H,11H2,1-3H3,(H,27,29,30);3H2,1-2H3. The first-order valence-electron chi connectivity index (χ1n) is 11.9. The van der Waals surface area contributed by atoms with Gasteiger partial charge in [-0.2, -0.15) is 18.2 Å². The maximum absolute atomic E-state index is 13.0. The molecule has 204 valence electrons. The molecule has 1 atom stereocenters. The quantitative estimate of drug-likeness (QED) is 0.413. The zero-order valence-corrected chi connectivity index (χ0v) is 21.7. The van der Waals surface area contributed by atoms with Gasteiger partial charge in [0.2, 0.25) is 5.95 Å². The molecule has 0 saturated carbocycles. The van der Waals surface area contributed by atoms with Gasteiger partial charge in [-0.3, -0.25) is 19.8 Å². The molecule has 3 N–H and O–H groups in total. The number of nitrogens with one attached hydrogen (secondary N) is 1.